The zero-order valence-corrected chi connectivity index (χ0v) is 10.0. The maximum atomic E-state index is 11.4. The molecule has 1 aromatic rings. The smallest absolute Gasteiger partial charge is 0.240 e. The second kappa shape index (κ2) is 4.61. The fourth-order valence-corrected chi connectivity index (χ4v) is 2.26. The number of nitrogens with two attached hydrogens (primary N) is 2. The summed E-state index contributed by atoms with van der Waals surface area (Å²) in [4.78, 5) is 17.8. The average Bonchev–Trinajstić information content (AvgIpc) is 2.32. The van der Waals surface area contributed by atoms with Crippen LogP contribution in [0.1, 0.15) is 25.0 Å². The summed E-state index contributed by atoms with van der Waals surface area (Å²) in [7, 11) is 0. The molecule has 0 spiro atoms. The largest absolute Gasteiger partial charge is 0.396 e. The molecule has 1 aromatic heterocycles. The number of nitrogen functional groups attached to an aromatic ring is 1. The van der Waals surface area contributed by atoms with Gasteiger partial charge in [-0.05, 0) is 38.3 Å². The van der Waals surface area contributed by atoms with Gasteiger partial charge >= 0.3 is 0 Å². The summed E-state index contributed by atoms with van der Waals surface area (Å²) in [6.07, 6.45) is 2.85. The van der Waals surface area contributed by atoms with Crippen molar-refractivity contribution < 1.29 is 4.79 Å². The molecule has 4 N–H and O–H groups in total. The van der Waals surface area contributed by atoms with Crippen LogP contribution >= 0.6 is 0 Å². The Kier molecular flexibility index (Phi) is 3.17. The number of anilines is 2. The van der Waals surface area contributed by atoms with Crippen LogP contribution in [0.15, 0.2) is 12.1 Å². The lowest BCUT2D eigenvalue weighted by Crippen LogP contribution is -2.48. The third kappa shape index (κ3) is 2.33. The van der Waals surface area contributed by atoms with E-state index in [2.05, 4.69) is 4.98 Å². The normalized spacial score (nSPS) is 20.3. The summed E-state index contributed by atoms with van der Waals surface area (Å²) in [6.45, 7) is 2.69. The number of piperidine rings is 1. The van der Waals surface area contributed by atoms with E-state index in [1.807, 2.05) is 24.0 Å². The van der Waals surface area contributed by atoms with Crippen molar-refractivity contribution in [3.8, 4) is 0 Å². The molecular formula is C12H18N4O. The fourth-order valence-electron chi connectivity index (χ4n) is 2.26. The predicted octanol–water partition coefficient (Wildman–Crippen LogP) is 0.816. The maximum absolute atomic E-state index is 11.4. The van der Waals surface area contributed by atoms with Crippen LogP contribution < -0.4 is 16.4 Å². The predicted molar refractivity (Wildman–Crippen MR) is 67.6 cm³/mol. The van der Waals surface area contributed by atoms with Gasteiger partial charge in [0.15, 0.2) is 5.82 Å². The number of rotatable bonds is 2. The van der Waals surface area contributed by atoms with E-state index in [0.717, 1.165) is 31.5 Å². The number of primary amides is 1. The number of aryl methyl sites for hydroxylation is 1. The summed E-state index contributed by atoms with van der Waals surface area (Å²) in [5.41, 5.74) is 12.9. The summed E-state index contributed by atoms with van der Waals surface area (Å²) < 4.78 is 0. The molecule has 1 saturated heterocycles. The van der Waals surface area contributed by atoms with E-state index in [-0.39, 0.29) is 11.9 Å². The molecule has 0 saturated carbocycles. The number of carbonyl (C=O) groups excluding carboxylic acids is 1. The number of hydrogen-bond acceptors (Lipinski definition) is 4. The highest BCUT2D eigenvalue weighted by Gasteiger charge is 2.29. The van der Waals surface area contributed by atoms with Gasteiger partial charge in [-0.2, -0.15) is 0 Å². The van der Waals surface area contributed by atoms with E-state index in [0.29, 0.717) is 11.5 Å². The second-order valence-corrected chi connectivity index (χ2v) is 4.47. The number of carbonyl (C=O) groups is 1. The Morgan fingerprint density at radius 2 is 2.24 bits per heavy atom. The van der Waals surface area contributed by atoms with Gasteiger partial charge in [-0.15, -0.1) is 0 Å². The van der Waals surface area contributed by atoms with Crippen LogP contribution in [0.3, 0.4) is 0 Å². The highest BCUT2D eigenvalue weighted by Crippen LogP contribution is 2.27. The molecule has 0 radical (unpaired) electrons. The molecule has 5 heteroatoms. The zero-order chi connectivity index (χ0) is 12.4. The van der Waals surface area contributed by atoms with Gasteiger partial charge in [-0.25, -0.2) is 4.98 Å². The van der Waals surface area contributed by atoms with Crippen molar-refractivity contribution in [3.63, 3.8) is 0 Å². The van der Waals surface area contributed by atoms with Gasteiger partial charge in [0.1, 0.15) is 6.04 Å². The van der Waals surface area contributed by atoms with Gasteiger partial charge in [-0.1, -0.05) is 0 Å². The first-order chi connectivity index (χ1) is 8.09. The van der Waals surface area contributed by atoms with Crippen LogP contribution in [0.2, 0.25) is 0 Å². The van der Waals surface area contributed by atoms with Crippen LogP contribution in [0.5, 0.6) is 0 Å². The van der Waals surface area contributed by atoms with E-state index in [9.17, 15) is 4.79 Å². The van der Waals surface area contributed by atoms with Crippen LogP contribution in [0.4, 0.5) is 11.5 Å². The Hall–Kier alpha value is -1.78. The van der Waals surface area contributed by atoms with Gasteiger partial charge in [-0.3, -0.25) is 4.79 Å². The molecule has 1 unspecified atom stereocenters. The van der Waals surface area contributed by atoms with E-state index in [1.165, 1.54) is 0 Å². The van der Waals surface area contributed by atoms with Gasteiger partial charge in [0, 0.05) is 12.2 Å². The molecule has 2 rings (SSSR count). The van der Waals surface area contributed by atoms with Crippen molar-refractivity contribution >= 4 is 17.4 Å². The zero-order valence-electron chi connectivity index (χ0n) is 10.0. The first-order valence-corrected chi connectivity index (χ1v) is 5.88. The van der Waals surface area contributed by atoms with Gasteiger partial charge < -0.3 is 16.4 Å². The SMILES string of the molecule is Cc1ccc(N)c(N2CCCCC2C(N)=O)n1. The van der Waals surface area contributed by atoms with E-state index >= 15 is 0 Å². The summed E-state index contributed by atoms with van der Waals surface area (Å²) in [5.74, 6) is 0.390. The molecule has 1 atom stereocenters. The second-order valence-electron chi connectivity index (χ2n) is 4.47. The summed E-state index contributed by atoms with van der Waals surface area (Å²) in [5, 5.41) is 0. The van der Waals surface area contributed by atoms with Crippen molar-refractivity contribution in [1.29, 1.82) is 0 Å². The minimum atomic E-state index is -0.299. The molecular weight excluding hydrogens is 216 g/mol. The molecule has 0 aromatic carbocycles. The lowest BCUT2D eigenvalue weighted by atomic mass is 10.0. The Bertz CT molecular complexity index is 433. The first-order valence-electron chi connectivity index (χ1n) is 5.88. The Balaban J connectivity index is 2.35. The first kappa shape index (κ1) is 11.7. The Morgan fingerprint density at radius 1 is 1.47 bits per heavy atom. The molecule has 2 heterocycles. The van der Waals surface area contributed by atoms with Crippen LogP contribution in [-0.4, -0.2) is 23.5 Å². The highest BCUT2D eigenvalue weighted by atomic mass is 16.1. The van der Waals surface area contributed by atoms with Crippen molar-refractivity contribution in [2.45, 2.75) is 32.2 Å². The van der Waals surface area contributed by atoms with Crippen LogP contribution in [-0.2, 0) is 4.79 Å². The lowest BCUT2D eigenvalue weighted by Gasteiger charge is -2.35. The maximum Gasteiger partial charge on any atom is 0.240 e. The number of aromatic nitrogens is 1. The molecule has 1 fully saturated rings. The minimum Gasteiger partial charge on any atom is -0.396 e. The molecule has 1 amide bonds. The van der Waals surface area contributed by atoms with E-state index < -0.39 is 0 Å². The molecule has 1 aliphatic heterocycles. The molecule has 92 valence electrons. The number of hydrogen-bond donors (Lipinski definition) is 2. The quantitative estimate of drug-likeness (QED) is 0.793. The average molecular weight is 234 g/mol. The molecule has 1 aliphatic rings. The number of nitrogens with zero attached hydrogens (tertiary/aromatic N) is 2. The third-order valence-corrected chi connectivity index (χ3v) is 3.15. The molecule has 17 heavy (non-hydrogen) atoms. The van der Waals surface area contributed by atoms with Gasteiger partial charge in [0.05, 0.1) is 5.69 Å². The van der Waals surface area contributed by atoms with E-state index in [4.69, 9.17) is 11.5 Å². The van der Waals surface area contributed by atoms with Crippen LogP contribution in [0.25, 0.3) is 0 Å². The van der Waals surface area contributed by atoms with Crippen molar-refractivity contribution in [3.05, 3.63) is 17.8 Å². The van der Waals surface area contributed by atoms with Crippen molar-refractivity contribution in [1.82, 2.24) is 4.98 Å². The van der Waals surface area contributed by atoms with Gasteiger partial charge in [0.2, 0.25) is 5.91 Å². The third-order valence-electron chi connectivity index (χ3n) is 3.15. The number of pyridine rings is 1. The van der Waals surface area contributed by atoms with Crippen molar-refractivity contribution in [2.75, 3.05) is 17.2 Å². The lowest BCUT2D eigenvalue weighted by molar-refractivity contribution is -0.119. The Labute approximate surface area is 101 Å². The molecule has 0 aliphatic carbocycles. The summed E-state index contributed by atoms with van der Waals surface area (Å²) >= 11 is 0. The number of amides is 1. The highest BCUT2D eigenvalue weighted by molar-refractivity contribution is 5.84. The summed E-state index contributed by atoms with van der Waals surface area (Å²) in [6, 6.07) is 3.41. The van der Waals surface area contributed by atoms with Gasteiger partial charge in [0.25, 0.3) is 0 Å². The fraction of sp³-hybridized carbons (Fsp3) is 0.500. The van der Waals surface area contributed by atoms with Crippen LogP contribution in [0, 0.1) is 6.92 Å². The van der Waals surface area contributed by atoms with E-state index in [1.54, 1.807) is 0 Å². The molecule has 0 bridgehead atoms. The monoisotopic (exact) mass is 234 g/mol. The van der Waals surface area contributed by atoms with Crippen molar-refractivity contribution in [2.24, 2.45) is 5.73 Å². The Morgan fingerprint density at radius 3 is 2.94 bits per heavy atom. The topological polar surface area (TPSA) is 85.2 Å². The standard InChI is InChI=1S/C12H18N4O/c1-8-5-6-9(13)12(15-8)16-7-3-2-4-10(16)11(14)17/h5-6,10H,2-4,7,13H2,1H3,(H2,14,17). The molecule has 5 nitrogen and oxygen atoms in total. The minimum absolute atomic E-state index is 0.277.